The highest BCUT2D eigenvalue weighted by atomic mass is 35.5. The Kier molecular flexibility index (Phi) is 6.00. The molecule has 0 aliphatic heterocycles. The zero-order valence-corrected chi connectivity index (χ0v) is 13.7. The molecule has 5 nitrogen and oxygen atoms in total. The summed E-state index contributed by atoms with van der Waals surface area (Å²) in [5, 5.41) is 0. The van der Waals surface area contributed by atoms with Gasteiger partial charge >= 0.3 is 0 Å². The number of sulfonamides is 1. The molecule has 0 saturated carbocycles. The number of halogens is 1. The van der Waals surface area contributed by atoms with E-state index in [1.54, 1.807) is 12.1 Å². The molecule has 0 bridgehead atoms. The number of nitrogens with one attached hydrogen (secondary N) is 1. The molecule has 1 unspecified atom stereocenters. The van der Waals surface area contributed by atoms with Gasteiger partial charge in [-0.2, -0.15) is 0 Å². The van der Waals surface area contributed by atoms with Gasteiger partial charge < -0.3 is 0 Å². The molecule has 0 aromatic heterocycles. The highest BCUT2D eigenvalue weighted by Crippen LogP contribution is 2.12. The number of alkyl halides is 1. The third-order valence-corrected chi connectivity index (χ3v) is 5.43. The number of aryl methyl sites for hydroxylation is 1. The monoisotopic (exact) mass is 339 g/mol. The van der Waals surface area contributed by atoms with Crippen LogP contribution in [0.5, 0.6) is 0 Å². The first-order chi connectivity index (χ1) is 9.14. The fraction of sp³-hybridized carbons (Fsp3) is 0.500. The molecule has 1 rings (SSSR count). The summed E-state index contributed by atoms with van der Waals surface area (Å²) in [6.07, 6.45) is 1.73. The Morgan fingerprint density at radius 1 is 1.15 bits per heavy atom. The van der Waals surface area contributed by atoms with E-state index in [1.807, 2.05) is 0 Å². The lowest BCUT2D eigenvalue weighted by Gasteiger charge is -2.13. The largest absolute Gasteiger partial charge is 0.240 e. The fourth-order valence-corrected chi connectivity index (χ4v) is 4.32. The molecule has 0 aliphatic carbocycles. The number of hydrogen-bond donors (Lipinski definition) is 1. The molecule has 114 valence electrons. The molecule has 1 N–H and O–H groups in total. The highest BCUT2D eigenvalue weighted by Gasteiger charge is 2.19. The first-order valence-corrected chi connectivity index (χ1v) is 10.1. The van der Waals surface area contributed by atoms with E-state index in [2.05, 4.69) is 4.72 Å². The molecule has 1 aromatic rings. The van der Waals surface area contributed by atoms with Crippen molar-refractivity contribution in [3.05, 3.63) is 29.8 Å². The summed E-state index contributed by atoms with van der Waals surface area (Å²) in [5.74, 6) is 0.228. The lowest BCUT2D eigenvalue weighted by Crippen LogP contribution is -2.37. The van der Waals surface area contributed by atoms with Crippen LogP contribution in [0.15, 0.2) is 29.2 Å². The minimum absolute atomic E-state index is 0.108. The molecule has 0 spiro atoms. The molecule has 0 radical (unpaired) electrons. The molecule has 1 atom stereocenters. The Morgan fingerprint density at radius 2 is 1.70 bits per heavy atom. The quantitative estimate of drug-likeness (QED) is 0.756. The Hall–Kier alpha value is -0.630. The van der Waals surface area contributed by atoms with Crippen LogP contribution in [0.4, 0.5) is 0 Å². The first kappa shape index (κ1) is 17.4. The molecular formula is C12H18ClNO4S2. The normalized spacial score (nSPS) is 14.2. The number of benzene rings is 1. The van der Waals surface area contributed by atoms with Gasteiger partial charge in [-0.3, -0.25) is 0 Å². The van der Waals surface area contributed by atoms with Crippen LogP contribution in [-0.2, 0) is 26.3 Å². The third-order valence-electron chi connectivity index (χ3n) is 2.53. The Bertz CT molecular complexity index is 639. The van der Waals surface area contributed by atoms with E-state index in [9.17, 15) is 16.8 Å². The van der Waals surface area contributed by atoms with Crippen molar-refractivity contribution < 1.29 is 16.8 Å². The summed E-state index contributed by atoms with van der Waals surface area (Å²) in [7, 11) is -6.94. The lowest BCUT2D eigenvalue weighted by molar-refractivity contribution is 0.564. The smallest absolute Gasteiger partial charge is 0.229 e. The average Bonchev–Trinajstić information content (AvgIpc) is 2.26. The Balaban J connectivity index is 2.83. The second-order valence-electron chi connectivity index (χ2n) is 4.70. The van der Waals surface area contributed by atoms with Gasteiger partial charge in [0, 0.05) is 18.2 Å². The molecule has 0 amide bonds. The second-order valence-corrected chi connectivity index (χ2v) is 8.97. The molecule has 20 heavy (non-hydrogen) atoms. The van der Waals surface area contributed by atoms with Crippen molar-refractivity contribution in [3.8, 4) is 0 Å². The number of hydrogen-bond acceptors (Lipinski definition) is 4. The summed E-state index contributed by atoms with van der Waals surface area (Å²) in [5.41, 5.74) is 0.947. The average molecular weight is 340 g/mol. The SMILES string of the molecule is CC(CS(C)(=O)=O)NS(=O)(=O)c1ccc(CCCl)cc1. The van der Waals surface area contributed by atoms with Crippen molar-refractivity contribution in [2.24, 2.45) is 0 Å². The summed E-state index contributed by atoms with van der Waals surface area (Å²) < 4.78 is 48.7. The van der Waals surface area contributed by atoms with Gasteiger partial charge in [-0.05, 0) is 31.0 Å². The van der Waals surface area contributed by atoms with Crippen molar-refractivity contribution in [2.45, 2.75) is 24.3 Å². The minimum atomic E-state index is -3.71. The maximum atomic E-state index is 12.1. The van der Waals surface area contributed by atoms with Crippen LogP contribution in [0.25, 0.3) is 0 Å². The van der Waals surface area contributed by atoms with Gasteiger partial charge in [-0.15, -0.1) is 11.6 Å². The summed E-state index contributed by atoms with van der Waals surface area (Å²) in [6, 6.07) is 5.67. The third kappa shape index (κ3) is 5.78. The van der Waals surface area contributed by atoms with Crippen LogP contribution >= 0.6 is 11.6 Å². The van der Waals surface area contributed by atoms with E-state index in [4.69, 9.17) is 11.6 Å². The maximum Gasteiger partial charge on any atom is 0.240 e. The van der Waals surface area contributed by atoms with Gasteiger partial charge in [0.15, 0.2) is 0 Å². The van der Waals surface area contributed by atoms with E-state index < -0.39 is 25.9 Å². The van der Waals surface area contributed by atoms with Crippen LogP contribution in [0.3, 0.4) is 0 Å². The standard InChI is InChI=1S/C12H18ClNO4S2/c1-10(9-19(2,15)16)14-20(17,18)12-5-3-11(4-6-12)7-8-13/h3-6,10,14H,7-9H2,1-2H3. The van der Waals surface area contributed by atoms with Crippen molar-refractivity contribution in [1.82, 2.24) is 4.72 Å². The molecule has 0 saturated heterocycles. The zero-order chi connectivity index (χ0) is 15.4. The van der Waals surface area contributed by atoms with E-state index in [0.717, 1.165) is 11.8 Å². The van der Waals surface area contributed by atoms with Crippen LogP contribution in [0.1, 0.15) is 12.5 Å². The van der Waals surface area contributed by atoms with Gasteiger partial charge in [-0.1, -0.05) is 12.1 Å². The predicted octanol–water partition coefficient (Wildman–Crippen LogP) is 1.18. The fourth-order valence-electron chi connectivity index (χ4n) is 1.77. The van der Waals surface area contributed by atoms with Gasteiger partial charge in [0.2, 0.25) is 10.0 Å². The van der Waals surface area contributed by atoms with Crippen LogP contribution in [0.2, 0.25) is 0 Å². The highest BCUT2D eigenvalue weighted by molar-refractivity contribution is 7.91. The molecule has 0 fully saturated rings. The van der Waals surface area contributed by atoms with E-state index in [-0.39, 0.29) is 10.6 Å². The van der Waals surface area contributed by atoms with Crippen molar-refractivity contribution in [1.29, 1.82) is 0 Å². The summed E-state index contributed by atoms with van der Waals surface area (Å²) >= 11 is 5.61. The molecule has 0 aliphatic rings. The van der Waals surface area contributed by atoms with E-state index in [0.29, 0.717) is 12.3 Å². The van der Waals surface area contributed by atoms with Crippen molar-refractivity contribution in [2.75, 3.05) is 17.9 Å². The first-order valence-electron chi connectivity index (χ1n) is 5.99. The zero-order valence-electron chi connectivity index (χ0n) is 11.3. The minimum Gasteiger partial charge on any atom is -0.229 e. The number of sulfone groups is 1. The van der Waals surface area contributed by atoms with Gasteiger partial charge in [0.05, 0.1) is 10.6 Å². The topological polar surface area (TPSA) is 80.3 Å². The van der Waals surface area contributed by atoms with Gasteiger partial charge in [-0.25, -0.2) is 21.6 Å². The van der Waals surface area contributed by atoms with Crippen LogP contribution in [0, 0.1) is 0 Å². The Labute approximate surface area is 125 Å². The van der Waals surface area contributed by atoms with Gasteiger partial charge in [0.25, 0.3) is 0 Å². The van der Waals surface area contributed by atoms with E-state index >= 15 is 0 Å². The maximum absolute atomic E-state index is 12.1. The summed E-state index contributed by atoms with van der Waals surface area (Å²) in [4.78, 5) is 0.108. The summed E-state index contributed by atoms with van der Waals surface area (Å²) in [6.45, 7) is 1.51. The Morgan fingerprint density at radius 3 is 2.15 bits per heavy atom. The number of rotatable bonds is 7. The van der Waals surface area contributed by atoms with Gasteiger partial charge in [0.1, 0.15) is 9.84 Å². The molecule has 8 heteroatoms. The van der Waals surface area contributed by atoms with E-state index in [1.165, 1.54) is 19.1 Å². The van der Waals surface area contributed by atoms with Crippen LogP contribution in [-0.4, -0.2) is 40.8 Å². The molecule has 1 aromatic carbocycles. The van der Waals surface area contributed by atoms with Crippen LogP contribution < -0.4 is 4.72 Å². The van der Waals surface area contributed by atoms with Crippen molar-refractivity contribution >= 4 is 31.5 Å². The second kappa shape index (κ2) is 6.89. The lowest BCUT2D eigenvalue weighted by atomic mass is 10.2. The van der Waals surface area contributed by atoms with Crippen molar-refractivity contribution in [3.63, 3.8) is 0 Å². The molecular weight excluding hydrogens is 322 g/mol. The predicted molar refractivity (Wildman–Crippen MR) is 80.4 cm³/mol. The molecule has 0 heterocycles.